The Kier molecular flexibility index (Phi) is 3.68. The van der Waals surface area contributed by atoms with Crippen molar-refractivity contribution in [3.8, 4) is 17.3 Å². The molecule has 3 aromatic heterocycles. The van der Waals surface area contributed by atoms with Crippen molar-refractivity contribution in [3.63, 3.8) is 0 Å². The minimum atomic E-state index is 0.386. The average Bonchev–Trinajstić information content (AvgIpc) is 3.34. The maximum Gasteiger partial charge on any atom is 0.235 e. The Labute approximate surface area is 159 Å². The van der Waals surface area contributed by atoms with E-state index in [4.69, 9.17) is 9.15 Å². The first-order valence-corrected chi connectivity index (χ1v) is 9.40. The number of ether oxygens (including phenoxy) is 1. The van der Waals surface area contributed by atoms with Gasteiger partial charge in [0.15, 0.2) is 10.8 Å². The lowest BCUT2D eigenvalue weighted by molar-refractivity contribution is 0.302. The average molecular weight is 376 g/mol. The van der Waals surface area contributed by atoms with E-state index in [2.05, 4.69) is 15.3 Å². The smallest absolute Gasteiger partial charge is 0.235 e. The molecule has 0 fully saturated rings. The minimum absolute atomic E-state index is 0.386. The van der Waals surface area contributed by atoms with E-state index >= 15 is 0 Å². The highest BCUT2D eigenvalue weighted by Gasteiger charge is 2.20. The van der Waals surface area contributed by atoms with Crippen molar-refractivity contribution in [1.82, 2.24) is 19.8 Å². The van der Waals surface area contributed by atoms with Crippen LogP contribution in [0.1, 0.15) is 16.1 Å². The lowest BCUT2D eigenvalue weighted by Crippen LogP contribution is -1.98. The summed E-state index contributed by atoms with van der Waals surface area (Å²) < 4.78 is 13.6. The zero-order valence-corrected chi connectivity index (χ0v) is 15.7. The van der Waals surface area contributed by atoms with Crippen LogP contribution in [0.2, 0.25) is 0 Å². The molecule has 0 unspecified atom stereocenters. The second-order valence-corrected chi connectivity index (χ2v) is 7.36. The molecule has 0 saturated heterocycles. The molecule has 0 atom stereocenters. The van der Waals surface area contributed by atoms with Crippen molar-refractivity contribution in [3.05, 3.63) is 64.7 Å². The Morgan fingerprint density at radius 2 is 1.85 bits per heavy atom. The molecule has 0 bridgehead atoms. The molecule has 0 radical (unpaired) electrons. The van der Waals surface area contributed by atoms with Gasteiger partial charge >= 0.3 is 0 Å². The van der Waals surface area contributed by atoms with Gasteiger partial charge in [0, 0.05) is 10.9 Å². The van der Waals surface area contributed by atoms with E-state index < -0.39 is 0 Å². The highest BCUT2D eigenvalue weighted by atomic mass is 32.1. The molecule has 0 spiro atoms. The van der Waals surface area contributed by atoms with Gasteiger partial charge in [-0.05, 0) is 31.5 Å². The molecule has 6 nitrogen and oxygen atoms in total. The van der Waals surface area contributed by atoms with Crippen LogP contribution in [0.5, 0.6) is 5.75 Å². The molecule has 0 aliphatic rings. The summed E-state index contributed by atoms with van der Waals surface area (Å²) in [5.74, 6) is 2.16. The highest BCUT2D eigenvalue weighted by molar-refractivity contribution is 7.16. The number of rotatable bonds is 4. The molecule has 5 aromatic rings. The Morgan fingerprint density at radius 1 is 1.04 bits per heavy atom. The summed E-state index contributed by atoms with van der Waals surface area (Å²) in [6, 6.07) is 15.9. The zero-order chi connectivity index (χ0) is 18.4. The van der Waals surface area contributed by atoms with E-state index in [0.29, 0.717) is 23.2 Å². The number of hydrogen-bond donors (Lipinski definition) is 0. The fraction of sp³-hybridized carbons (Fsp3) is 0.150. The molecule has 0 aliphatic heterocycles. The standard InChI is InChI=1S/C20H16N4O2S/c1-12-7-3-5-9-15(12)25-11-17-23-24-19(21-22-20(24)27-17)18-13(2)14-8-4-6-10-16(14)26-18/h3-10H,11H2,1-2H3. The minimum Gasteiger partial charge on any atom is -0.486 e. The van der Waals surface area contributed by atoms with Gasteiger partial charge in [-0.15, -0.1) is 10.2 Å². The molecule has 0 amide bonds. The number of nitrogens with zero attached hydrogens (tertiary/aromatic N) is 4. The van der Waals surface area contributed by atoms with E-state index in [-0.39, 0.29) is 0 Å². The molecule has 5 rings (SSSR count). The highest BCUT2D eigenvalue weighted by Crippen LogP contribution is 2.32. The monoisotopic (exact) mass is 376 g/mol. The van der Waals surface area contributed by atoms with Crippen LogP contribution in [0.25, 0.3) is 27.5 Å². The molecule has 3 heterocycles. The van der Waals surface area contributed by atoms with Gasteiger partial charge in [0.2, 0.25) is 10.8 Å². The Hall–Kier alpha value is -3.19. The van der Waals surface area contributed by atoms with Gasteiger partial charge in [-0.25, -0.2) is 0 Å². The molecule has 27 heavy (non-hydrogen) atoms. The van der Waals surface area contributed by atoms with Gasteiger partial charge in [0.1, 0.15) is 17.9 Å². The van der Waals surface area contributed by atoms with E-state index in [0.717, 1.165) is 32.9 Å². The van der Waals surface area contributed by atoms with Crippen molar-refractivity contribution in [2.75, 3.05) is 0 Å². The van der Waals surface area contributed by atoms with Gasteiger partial charge < -0.3 is 9.15 Å². The van der Waals surface area contributed by atoms with Crippen LogP contribution < -0.4 is 4.74 Å². The summed E-state index contributed by atoms with van der Waals surface area (Å²) in [6.07, 6.45) is 0. The maximum atomic E-state index is 6.02. The summed E-state index contributed by atoms with van der Waals surface area (Å²) in [5, 5.41) is 15.1. The quantitative estimate of drug-likeness (QED) is 0.451. The second kappa shape index (κ2) is 6.21. The second-order valence-electron chi connectivity index (χ2n) is 6.32. The number of aryl methyl sites for hydroxylation is 2. The number of fused-ring (bicyclic) bond motifs is 2. The van der Waals surface area contributed by atoms with Crippen molar-refractivity contribution in [1.29, 1.82) is 0 Å². The molecule has 0 saturated carbocycles. The molecular weight excluding hydrogens is 360 g/mol. The van der Waals surface area contributed by atoms with Crippen molar-refractivity contribution in [2.24, 2.45) is 0 Å². The first-order valence-electron chi connectivity index (χ1n) is 8.59. The van der Waals surface area contributed by atoms with Crippen LogP contribution in [0.15, 0.2) is 52.9 Å². The van der Waals surface area contributed by atoms with Crippen LogP contribution in [-0.2, 0) is 6.61 Å². The number of hydrogen-bond acceptors (Lipinski definition) is 6. The number of para-hydroxylation sites is 2. The summed E-state index contributed by atoms with van der Waals surface area (Å²) in [6.45, 7) is 4.44. The maximum absolute atomic E-state index is 6.02. The van der Waals surface area contributed by atoms with Crippen LogP contribution in [-0.4, -0.2) is 19.8 Å². The third-order valence-corrected chi connectivity index (χ3v) is 5.40. The summed E-state index contributed by atoms with van der Waals surface area (Å²) in [7, 11) is 0. The third kappa shape index (κ3) is 2.67. The van der Waals surface area contributed by atoms with Crippen LogP contribution >= 0.6 is 11.3 Å². The van der Waals surface area contributed by atoms with Gasteiger partial charge in [0.25, 0.3) is 0 Å². The third-order valence-electron chi connectivity index (χ3n) is 4.52. The Bertz CT molecular complexity index is 1270. The Balaban J connectivity index is 1.50. The van der Waals surface area contributed by atoms with E-state index in [9.17, 15) is 0 Å². The van der Waals surface area contributed by atoms with Crippen LogP contribution in [0.3, 0.4) is 0 Å². The van der Waals surface area contributed by atoms with Crippen molar-refractivity contribution < 1.29 is 9.15 Å². The first-order chi connectivity index (χ1) is 13.2. The summed E-state index contributed by atoms with van der Waals surface area (Å²) >= 11 is 1.46. The fourth-order valence-corrected chi connectivity index (χ4v) is 3.85. The molecule has 2 aromatic carbocycles. The number of aromatic nitrogens is 4. The number of benzene rings is 2. The largest absolute Gasteiger partial charge is 0.486 e. The molecule has 0 N–H and O–H groups in total. The predicted octanol–water partition coefficient (Wildman–Crippen LogP) is 4.79. The SMILES string of the molecule is Cc1ccccc1OCc1nn2c(-c3oc4ccccc4c3C)nnc2s1. The molecular formula is C20H16N4O2S. The van der Waals surface area contributed by atoms with Gasteiger partial charge in [-0.3, -0.25) is 0 Å². The topological polar surface area (TPSA) is 65.5 Å². The Morgan fingerprint density at radius 3 is 2.70 bits per heavy atom. The normalized spacial score (nSPS) is 11.5. The fourth-order valence-electron chi connectivity index (χ4n) is 3.10. The lowest BCUT2D eigenvalue weighted by atomic mass is 10.1. The molecule has 0 aliphatic carbocycles. The van der Waals surface area contributed by atoms with Crippen LogP contribution in [0, 0.1) is 13.8 Å². The lowest BCUT2D eigenvalue weighted by Gasteiger charge is -2.06. The summed E-state index contributed by atoms with van der Waals surface area (Å²) in [5.41, 5.74) is 2.96. The predicted molar refractivity (Wildman–Crippen MR) is 104 cm³/mol. The van der Waals surface area contributed by atoms with Crippen LogP contribution in [0.4, 0.5) is 0 Å². The van der Waals surface area contributed by atoms with Gasteiger partial charge in [-0.1, -0.05) is 47.7 Å². The van der Waals surface area contributed by atoms with Crippen molar-refractivity contribution in [2.45, 2.75) is 20.5 Å². The van der Waals surface area contributed by atoms with Crippen molar-refractivity contribution >= 4 is 27.3 Å². The molecule has 134 valence electrons. The molecule has 7 heteroatoms. The van der Waals surface area contributed by atoms with E-state index in [1.54, 1.807) is 4.52 Å². The van der Waals surface area contributed by atoms with Gasteiger partial charge in [0.05, 0.1) is 0 Å². The first kappa shape index (κ1) is 16.0. The van der Waals surface area contributed by atoms with E-state index in [1.807, 2.05) is 62.4 Å². The zero-order valence-electron chi connectivity index (χ0n) is 14.8. The van der Waals surface area contributed by atoms with E-state index in [1.165, 1.54) is 11.3 Å². The van der Waals surface area contributed by atoms with Gasteiger partial charge in [-0.2, -0.15) is 9.61 Å². The summed E-state index contributed by atoms with van der Waals surface area (Å²) in [4.78, 5) is 0.716. The number of furan rings is 1.